The molecule has 0 saturated carbocycles. The molecule has 7 nitrogen and oxygen atoms in total. The number of nitrogens with two attached hydrogens (primary N) is 1. The van der Waals surface area contributed by atoms with Crippen LogP contribution in [0.4, 0.5) is 0 Å². The number of carbonyl (C=O) groups is 1. The van der Waals surface area contributed by atoms with Gasteiger partial charge in [0, 0.05) is 11.3 Å². The highest BCUT2D eigenvalue weighted by Gasteiger charge is 2.22. The number of oxime groups is 1. The monoisotopic (exact) mass is 342 g/mol. The SMILES string of the molecule is C/C(=N/O)c1sc2nc(-c3ccccc3)c(C(N)=O)c(=O)n2c1C. The van der Waals surface area contributed by atoms with Gasteiger partial charge >= 0.3 is 0 Å². The molecule has 2 heterocycles. The summed E-state index contributed by atoms with van der Waals surface area (Å²) in [6, 6.07) is 8.92. The lowest BCUT2D eigenvalue weighted by Gasteiger charge is -2.07. The number of fused-ring (bicyclic) bond motifs is 1. The third kappa shape index (κ3) is 2.37. The molecule has 8 heteroatoms. The number of hydrogen-bond acceptors (Lipinski definition) is 6. The molecule has 0 radical (unpaired) electrons. The average molecular weight is 342 g/mol. The molecule has 1 aromatic carbocycles. The Bertz CT molecular complexity index is 1030. The minimum Gasteiger partial charge on any atom is -0.411 e. The number of rotatable bonds is 3. The molecular formula is C16H14N4O3S. The van der Waals surface area contributed by atoms with E-state index in [1.165, 1.54) is 15.7 Å². The number of aryl methyl sites for hydroxylation is 1. The number of nitrogens with zero attached hydrogens (tertiary/aromatic N) is 3. The summed E-state index contributed by atoms with van der Waals surface area (Å²) in [7, 11) is 0. The predicted molar refractivity (Wildman–Crippen MR) is 92.0 cm³/mol. The summed E-state index contributed by atoms with van der Waals surface area (Å²) >= 11 is 1.21. The molecule has 0 aliphatic heterocycles. The third-order valence-electron chi connectivity index (χ3n) is 3.68. The van der Waals surface area contributed by atoms with Gasteiger partial charge in [0.2, 0.25) is 0 Å². The fourth-order valence-electron chi connectivity index (χ4n) is 2.54. The van der Waals surface area contributed by atoms with Crippen molar-refractivity contribution in [2.75, 3.05) is 0 Å². The maximum Gasteiger partial charge on any atom is 0.272 e. The molecule has 3 N–H and O–H groups in total. The minimum atomic E-state index is -0.833. The van der Waals surface area contributed by atoms with Crippen LogP contribution in [0.3, 0.4) is 0 Å². The maximum atomic E-state index is 12.8. The van der Waals surface area contributed by atoms with Crippen molar-refractivity contribution >= 4 is 27.9 Å². The molecule has 0 saturated heterocycles. The van der Waals surface area contributed by atoms with Gasteiger partial charge in [-0.05, 0) is 13.8 Å². The Kier molecular flexibility index (Phi) is 3.90. The lowest BCUT2D eigenvalue weighted by Crippen LogP contribution is -2.28. The molecule has 0 aliphatic rings. The molecule has 1 amide bonds. The normalized spacial score (nSPS) is 11.8. The van der Waals surface area contributed by atoms with Gasteiger partial charge in [-0.1, -0.05) is 46.8 Å². The van der Waals surface area contributed by atoms with E-state index in [2.05, 4.69) is 10.1 Å². The first kappa shape index (κ1) is 15.9. The molecule has 0 bridgehead atoms. The van der Waals surface area contributed by atoms with E-state index in [0.717, 1.165) is 0 Å². The Morgan fingerprint density at radius 2 is 2.00 bits per heavy atom. The first-order valence-corrected chi connectivity index (χ1v) is 7.87. The number of aromatic nitrogens is 2. The third-order valence-corrected chi connectivity index (χ3v) is 4.93. The summed E-state index contributed by atoms with van der Waals surface area (Å²) in [6.07, 6.45) is 0. The van der Waals surface area contributed by atoms with Crippen LogP contribution in [0.15, 0.2) is 40.3 Å². The highest BCUT2D eigenvalue weighted by molar-refractivity contribution is 7.19. The van der Waals surface area contributed by atoms with E-state index < -0.39 is 11.5 Å². The molecule has 0 unspecified atom stereocenters. The molecular weight excluding hydrogens is 328 g/mol. The fourth-order valence-corrected chi connectivity index (χ4v) is 3.60. The fraction of sp³-hybridized carbons (Fsp3) is 0.125. The van der Waals surface area contributed by atoms with Crippen molar-refractivity contribution < 1.29 is 10.0 Å². The molecule has 0 spiro atoms. The van der Waals surface area contributed by atoms with Gasteiger partial charge in [-0.2, -0.15) is 0 Å². The summed E-state index contributed by atoms with van der Waals surface area (Å²) in [5.41, 5.74) is 6.53. The van der Waals surface area contributed by atoms with Crippen LogP contribution in [-0.4, -0.2) is 26.2 Å². The number of benzene rings is 1. The zero-order valence-corrected chi connectivity index (χ0v) is 13.8. The van der Waals surface area contributed by atoms with Gasteiger partial charge in [0.15, 0.2) is 4.96 Å². The van der Waals surface area contributed by atoms with E-state index in [1.54, 1.807) is 38.1 Å². The maximum absolute atomic E-state index is 12.8. The molecule has 24 heavy (non-hydrogen) atoms. The summed E-state index contributed by atoms with van der Waals surface area (Å²) < 4.78 is 1.32. The highest BCUT2D eigenvalue weighted by Crippen LogP contribution is 2.26. The van der Waals surface area contributed by atoms with Gasteiger partial charge in [0.25, 0.3) is 11.5 Å². The number of carbonyl (C=O) groups excluding carboxylic acids is 1. The van der Waals surface area contributed by atoms with Crippen LogP contribution in [-0.2, 0) is 0 Å². The van der Waals surface area contributed by atoms with Crippen LogP contribution in [0.25, 0.3) is 16.2 Å². The van der Waals surface area contributed by atoms with Crippen molar-refractivity contribution in [3.63, 3.8) is 0 Å². The van der Waals surface area contributed by atoms with Gasteiger partial charge in [0.05, 0.1) is 16.3 Å². The summed E-state index contributed by atoms with van der Waals surface area (Å²) in [6.45, 7) is 3.32. The van der Waals surface area contributed by atoms with E-state index in [0.29, 0.717) is 26.8 Å². The molecule has 2 aromatic heterocycles. The molecule has 0 atom stereocenters. The van der Waals surface area contributed by atoms with Gasteiger partial charge in [-0.3, -0.25) is 14.0 Å². The van der Waals surface area contributed by atoms with Crippen LogP contribution in [0.5, 0.6) is 0 Å². The second-order valence-electron chi connectivity index (χ2n) is 5.19. The quantitative estimate of drug-likeness (QED) is 0.431. The number of thiazole rings is 1. The zero-order chi connectivity index (χ0) is 17.4. The number of hydrogen-bond donors (Lipinski definition) is 2. The van der Waals surface area contributed by atoms with Crippen LogP contribution in [0.2, 0.25) is 0 Å². The van der Waals surface area contributed by atoms with Crippen molar-refractivity contribution in [2.45, 2.75) is 13.8 Å². The summed E-state index contributed by atoms with van der Waals surface area (Å²) in [5, 5.41) is 12.2. The Morgan fingerprint density at radius 3 is 2.58 bits per heavy atom. The Hall–Kier alpha value is -3.00. The largest absolute Gasteiger partial charge is 0.411 e. The Labute approximate surface area is 140 Å². The van der Waals surface area contributed by atoms with Crippen molar-refractivity contribution in [1.82, 2.24) is 9.38 Å². The number of primary amides is 1. The minimum absolute atomic E-state index is 0.162. The van der Waals surface area contributed by atoms with E-state index in [-0.39, 0.29) is 11.3 Å². The van der Waals surface area contributed by atoms with Gasteiger partial charge in [0.1, 0.15) is 5.56 Å². The van der Waals surface area contributed by atoms with Gasteiger partial charge in [-0.25, -0.2) is 4.98 Å². The second kappa shape index (κ2) is 5.89. The van der Waals surface area contributed by atoms with Crippen molar-refractivity contribution in [3.05, 3.63) is 56.8 Å². The summed E-state index contributed by atoms with van der Waals surface area (Å²) in [4.78, 5) is 30.2. The molecule has 3 aromatic rings. The van der Waals surface area contributed by atoms with Crippen molar-refractivity contribution in [2.24, 2.45) is 10.9 Å². The second-order valence-corrected chi connectivity index (χ2v) is 6.17. The number of amides is 1. The lowest BCUT2D eigenvalue weighted by molar-refractivity contribution is 0.0999. The van der Waals surface area contributed by atoms with E-state index in [4.69, 9.17) is 10.9 Å². The van der Waals surface area contributed by atoms with E-state index >= 15 is 0 Å². The van der Waals surface area contributed by atoms with Crippen LogP contribution < -0.4 is 11.3 Å². The smallest absolute Gasteiger partial charge is 0.272 e. The molecule has 0 fully saturated rings. The van der Waals surface area contributed by atoms with Gasteiger partial charge in [-0.15, -0.1) is 0 Å². The summed E-state index contributed by atoms with van der Waals surface area (Å²) in [5.74, 6) is -0.833. The molecule has 122 valence electrons. The first-order valence-electron chi connectivity index (χ1n) is 7.06. The molecule has 3 rings (SSSR count). The first-order chi connectivity index (χ1) is 11.5. The topological polar surface area (TPSA) is 110 Å². The van der Waals surface area contributed by atoms with E-state index in [1.807, 2.05) is 6.07 Å². The van der Waals surface area contributed by atoms with E-state index in [9.17, 15) is 9.59 Å². The Balaban J connectivity index is 2.45. The average Bonchev–Trinajstić information content (AvgIpc) is 2.91. The van der Waals surface area contributed by atoms with Crippen molar-refractivity contribution in [3.8, 4) is 11.3 Å². The van der Waals surface area contributed by atoms with Crippen LogP contribution in [0.1, 0.15) is 27.9 Å². The molecule has 0 aliphatic carbocycles. The standard InChI is InChI=1S/C16H14N4O3S/c1-8(19-23)13-9(2)20-15(22)11(14(17)21)12(18-16(20)24-13)10-6-4-3-5-7-10/h3-7,23H,1-2H3,(H2,17,21)/b19-8-. The van der Waals surface area contributed by atoms with Crippen LogP contribution >= 0.6 is 11.3 Å². The zero-order valence-electron chi connectivity index (χ0n) is 13.0. The lowest BCUT2D eigenvalue weighted by atomic mass is 10.1. The van der Waals surface area contributed by atoms with Gasteiger partial charge < -0.3 is 10.9 Å². The highest BCUT2D eigenvalue weighted by atomic mass is 32.1. The predicted octanol–water partition coefficient (Wildman–Crippen LogP) is 2.03. The van der Waals surface area contributed by atoms with Crippen LogP contribution in [0, 0.1) is 6.92 Å². The van der Waals surface area contributed by atoms with Crippen molar-refractivity contribution in [1.29, 1.82) is 0 Å². The Morgan fingerprint density at radius 1 is 1.33 bits per heavy atom.